The van der Waals surface area contributed by atoms with Gasteiger partial charge in [0.2, 0.25) is 0 Å². The molecule has 0 unspecified atom stereocenters. The highest BCUT2D eigenvalue weighted by Gasteiger charge is 2.40. The molecule has 188 valence electrons. The first kappa shape index (κ1) is 24.5. The summed E-state index contributed by atoms with van der Waals surface area (Å²) in [5.41, 5.74) is 2.96. The average molecular weight is 529 g/mol. The third-order valence-corrected chi connectivity index (χ3v) is 7.83. The molecule has 0 fully saturated rings. The molecule has 0 N–H and O–H groups in total. The zero-order chi connectivity index (χ0) is 25.9. The normalized spacial score (nSPS) is 20.2. The lowest BCUT2D eigenvalue weighted by Gasteiger charge is -2.37. The van der Waals surface area contributed by atoms with Crippen LogP contribution in [0.25, 0.3) is 0 Å². The Morgan fingerprint density at radius 1 is 1.06 bits per heavy atom. The van der Waals surface area contributed by atoms with Gasteiger partial charge in [0.1, 0.15) is 5.69 Å². The lowest BCUT2D eigenvalue weighted by Crippen LogP contribution is -2.46. The molecular weight excluding hydrogens is 503 g/mol. The van der Waals surface area contributed by atoms with E-state index in [-0.39, 0.29) is 42.0 Å². The lowest BCUT2D eigenvalue weighted by atomic mass is 9.97. The second-order valence-electron chi connectivity index (χ2n) is 9.54. The summed E-state index contributed by atoms with van der Waals surface area (Å²) in [5, 5.41) is 9.83. The van der Waals surface area contributed by atoms with Crippen molar-refractivity contribution in [3.8, 4) is 0 Å². The van der Waals surface area contributed by atoms with Crippen LogP contribution in [0.5, 0.6) is 0 Å². The van der Waals surface area contributed by atoms with Crippen LogP contribution in [0.15, 0.2) is 35.1 Å². The minimum atomic E-state index is -0.345. The second kappa shape index (κ2) is 9.05. The Labute approximate surface area is 218 Å². The fraction of sp³-hybridized carbons (Fsp3) is 0.400. The monoisotopic (exact) mass is 528 g/mol. The summed E-state index contributed by atoms with van der Waals surface area (Å²) >= 11 is 12.2. The number of benzene rings is 1. The van der Waals surface area contributed by atoms with Crippen LogP contribution in [0.2, 0.25) is 10.0 Å². The molecule has 0 bridgehead atoms. The number of rotatable bonds is 3. The molecule has 1 aromatic carbocycles. The number of carbonyl (C=O) groups is 2. The van der Waals surface area contributed by atoms with Crippen molar-refractivity contribution in [2.24, 2.45) is 7.05 Å². The Kier molecular flexibility index (Phi) is 6.16. The molecule has 3 atom stereocenters. The van der Waals surface area contributed by atoms with E-state index in [2.05, 4.69) is 5.10 Å². The molecule has 0 aliphatic carbocycles. The summed E-state index contributed by atoms with van der Waals surface area (Å²) in [6.07, 6.45) is 0.542. The van der Waals surface area contributed by atoms with E-state index in [0.29, 0.717) is 40.0 Å². The van der Waals surface area contributed by atoms with Crippen LogP contribution in [0.1, 0.15) is 70.7 Å². The van der Waals surface area contributed by atoms with Crippen LogP contribution in [0.3, 0.4) is 0 Å². The van der Waals surface area contributed by atoms with Gasteiger partial charge >= 0.3 is 0 Å². The van der Waals surface area contributed by atoms with E-state index in [1.165, 1.54) is 10.7 Å². The molecule has 36 heavy (non-hydrogen) atoms. The maximum absolute atomic E-state index is 13.8. The zero-order valence-electron chi connectivity index (χ0n) is 20.4. The number of hydrogen-bond donors (Lipinski definition) is 0. The Morgan fingerprint density at radius 3 is 2.50 bits per heavy atom. The van der Waals surface area contributed by atoms with E-state index in [0.717, 1.165) is 11.3 Å². The molecule has 0 spiro atoms. The Hall–Kier alpha value is -3.17. The van der Waals surface area contributed by atoms with E-state index >= 15 is 0 Å². The summed E-state index contributed by atoms with van der Waals surface area (Å²) in [5.74, 6) is -0.343. The molecule has 4 heterocycles. The SMILES string of the molecule is C[C@@H]1Cc2nn3c(c2CN1C(=O)c1ccc(Cl)c(Cl)c1)C(=O)N([C@H](C)c1ccc(=O)n(C)n1)C[C@H]3C. The van der Waals surface area contributed by atoms with Crippen LogP contribution in [-0.4, -0.2) is 53.8 Å². The minimum absolute atomic E-state index is 0.0622. The number of hydrogen-bond acceptors (Lipinski definition) is 5. The van der Waals surface area contributed by atoms with Gasteiger partial charge < -0.3 is 9.80 Å². The first-order valence-electron chi connectivity index (χ1n) is 11.8. The van der Waals surface area contributed by atoms with E-state index in [4.69, 9.17) is 28.3 Å². The number of aryl methyl sites for hydroxylation is 1. The number of nitrogens with zero attached hydrogens (tertiary/aromatic N) is 6. The number of aromatic nitrogens is 4. The molecule has 2 aromatic heterocycles. The van der Waals surface area contributed by atoms with Gasteiger partial charge in [-0.2, -0.15) is 10.2 Å². The maximum Gasteiger partial charge on any atom is 0.273 e. The standard InChI is InChI=1S/C25H26Cl2N6O3/c1-13-9-21-17(12-31(13)24(35)16-5-6-18(26)19(27)10-16)23-25(36)32(11-14(2)33(23)29-21)15(3)20-7-8-22(34)30(4)28-20/h5-8,10,13-15H,9,11-12H2,1-4H3/t13-,14-,15-/m1/s1. The van der Waals surface area contributed by atoms with Gasteiger partial charge in [-0.05, 0) is 45.0 Å². The van der Waals surface area contributed by atoms with Crippen molar-refractivity contribution in [2.45, 2.75) is 51.9 Å². The molecule has 2 amide bonds. The van der Waals surface area contributed by atoms with Crippen LogP contribution >= 0.6 is 23.2 Å². The van der Waals surface area contributed by atoms with Crippen LogP contribution < -0.4 is 5.56 Å². The van der Waals surface area contributed by atoms with Crippen molar-refractivity contribution in [2.75, 3.05) is 6.54 Å². The topological polar surface area (TPSA) is 93.3 Å². The fourth-order valence-corrected chi connectivity index (χ4v) is 5.29. The fourth-order valence-electron chi connectivity index (χ4n) is 4.99. The van der Waals surface area contributed by atoms with Crippen LogP contribution in [-0.2, 0) is 20.0 Å². The summed E-state index contributed by atoms with van der Waals surface area (Å²) in [4.78, 5) is 42.5. The Balaban J connectivity index is 1.49. The van der Waals surface area contributed by atoms with E-state index in [1.54, 1.807) is 45.8 Å². The van der Waals surface area contributed by atoms with Gasteiger partial charge in [0, 0.05) is 43.2 Å². The number of halogens is 2. The molecular formula is C25H26Cl2N6O3. The van der Waals surface area contributed by atoms with E-state index in [1.807, 2.05) is 20.8 Å². The number of amides is 2. The molecule has 0 saturated heterocycles. The van der Waals surface area contributed by atoms with Gasteiger partial charge in [0.05, 0.1) is 40.1 Å². The second-order valence-corrected chi connectivity index (χ2v) is 10.4. The highest BCUT2D eigenvalue weighted by Crippen LogP contribution is 2.35. The largest absolute Gasteiger partial charge is 0.331 e. The minimum Gasteiger partial charge on any atom is -0.331 e. The number of carbonyl (C=O) groups excluding carboxylic acids is 2. The van der Waals surface area contributed by atoms with Crippen molar-refractivity contribution in [3.63, 3.8) is 0 Å². The van der Waals surface area contributed by atoms with E-state index < -0.39 is 0 Å². The summed E-state index contributed by atoms with van der Waals surface area (Å²) < 4.78 is 3.06. The quantitative estimate of drug-likeness (QED) is 0.517. The first-order valence-corrected chi connectivity index (χ1v) is 12.5. The van der Waals surface area contributed by atoms with Gasteiger partial charge in [0.15, 0.2) is 0 Å². The predicted molar refractivity (Wildman–Crippen MR) is 135 cm³/mol. The lowest BCUT2D eigenvalue weighted by molar-refractivity contribution is 0.0569. The zero-order valence-corrected chi connectivity index (χ0v) is 21.9. The van der Waals surface area contributed by atoms with E-state index in [9.17, 15) is 14.4 Å². The highest BCUT2D eigenvalue weighted by atomic mass is 35.5. The molecule has 0 radical (unpaired) electrons. The average Bonchev–Trinajstić information content (AvgIpc) is 3.22. The van der Waals surface area contributed by atoms with Crippen molar-refractivity contribution in [1.29, 1.82) is 0 Å². The third kappa shape index (κ3) is 4.00. The van der Waals surface area contributed by atoms with Gasteiger partial charge in [-0.1, -0.05) is 23.2 Å². The van der Waals surface area contributed by atoms with Crippen molar-refractivity contribution in [1.82, 2.24) is 29.4 Å². The molecule has 2 aliphatic rings. The van der Waals surface area contributed by atoms with Gasteiger partial charge in [-0.3, -0.25) is 19.1 Å². The maximum atomic E-state index is 13.8. The molecule has 9 nitrogen and oxygen atoms in total. The first-order chi connectivity index (χ1) is 17.1. The van der Waals surface area contributed by atoms with Gasteiger partial charge in [-0.15, -0.1) is 0 Å². The third-order valence-electron chi connectivity index (χ3n) is 7.09. The van der Waals surface area contributed by atoms with Crippen molar-refractivity contribution in [3.05, 3.63) is 78.9 Å². The summed E-state index contributed by atoms with van der Waals surface area (Å²) in [6, 6.07) is 7.43. The van der Waals surface area contributed by atoms with Crippen LogP contribution in [0, 0.1) is 0 Å². The Bertz CT molecular complexity index is 1450. The molecule has 5 rings (SSSR count). The van der Waals surface area contributed by atoms with Crippen molar-refractivity contribution < 1.29 is 9.59 Å². The van der Waals surface area contributed by atoms with Gasteiger partial charge in [-0.25, -0.2) is 4.68 Å². The molecule has 3 aromatic rings. The molecule has 11 heteroatoms. The number of fused-ring (bicyclic) bond motifs is 3. The predicted octanol–water partition coefficient (Wildman–Crippen LogP) is 3.65. The summed E-state index contributed by atoms with van der Waals surface area (Å²) in [7, 11) is 1.59. The smallest absolute Gasteiger partial charge is 0.273 e. The van der Waals surface area contributed by atoms with Crippen molar-refractivity contribution >= 4 is 35.0 Å². The highest BCUT2D eigenvalue weighted by molar-refractivity contribution is 6.42. The Morgan fingerprint density at radius 2 is 1.81 bits per heavy atom. The van der Waals surface area contributed by atoms with Gasteiger partial charge in [0.25, 0.3) is 17.4 Å². The summed E-state index contributed by atoms with van der Waals surface area (Å²) in [6.45, 7) is 6.62. The molecule has 2 aliphatic heterocycles. The van der Waals surface area contributed by atoms with Crippen LogP contribution in [0.4, 0.5) is 0 Å². The molecule has 0 saturated carbocycles.